The van der Waals surface area contributed by atoms with Gasteiger partial charge in [0.1, 0.15) is 0 Å². The molecule has 0 N–H and O–H groups in total. The molecule has 0 aliphatic carbocycles. The Morgan fingerprint density at radius 1 is 1.12 bits per heavy atom. The van der Waals surface area contributed by atoms with E-state index in [9.17, 15) is 13.2 Å². The fourth-order valence-electron chi connectivity index (χ4n) is 3.86. The van der Waals surface area contributed by atoms with Gasteiger partial charge in [-0.25, -0.2) is 12.7 Å². The van der Waals surface area contributed by atoms with Gasteiger partial charge < -0.3 is 9.64 Å². The van der Waals surface area contributed by atoms with E-state index in [4.69, 9.17) is 4.74 Å². The first-order valence-corrected chi connectivity index (χ1v) is 11.0. The van der Waals surface area contributed by atoms with Crippen molar-refractivity contribution in [1.29, 1.82) is 0 Å². The lowest BCUT2D eigenvalue weighted by Crippen LogP contribution is -2.50. The van der Waals surface area contributed by atoms with Crippen molar-refractivity contribution in [3.8, 4) is 0 Å². The van der Waals surface area contributed by atoms with Gasteiger partial charge in [0.15, 0.2) is 0 Å². The Bertz CT molecular complexity index is 772. The Morgan fingerprint density at radius 2 is 1.81 bits per heavy atom. The number of amides is 1. The summed E-state index contributed by atoms with van der Waals surface area (Å²) in [6, 6.07) is 5.81. The lowest BCUT2D eigenvalue weighted by atomic mass is 10.00. The third-order valence-electron chi connectivity index (χ3n) is 5.56. The van der Waals surface area contributed by atoms with Gasteiger partial charge in [0, 0.05) is 44.0 Å². The van der Waals surface area contributed by atoms with Gasteiger partial charge in [-0.1, -0.05) is 6.07 Å². The van der Waals surface area contributed by atoms with Crippen molar-refractivity contribution in [3.05, 3.63) is 34.9 Å². The molecule has 2 aliphatic heterocycles. The highest BCUT2D eigenvalue weighted by Crippen LogP contribution is 2.27. The molecule has 3 rings (SSSR count). The molecule has 0 saturated carbocycles. The van der Waals surface area contributed by atoms with Gasteiger partial charge in [0.25, 0.3) is 5.91 Å². The predicted octanol–water partition coefficient (Wildman–Crippen LogP) is 1.96. The van der Waals surface area contributed by atoms with Gasteiger partial charge in [0.2, 0.25) is 10.0 Å². The molecule has 1 atom stereocenters. The van der Waals surface area contributed by atoms with Gasteiger partial charge in [-0.2, -0.15) is 0 Å². The molecule has 2 aliphatic rings. The van der Waals surface area contributed by atoms with Crippen LogP contribution in [0, 0.1) is 13.8 Å². The monoisotopic (exact) mass is 380 g/mol. The van der Waals surface area contributed by atoms with E-state index in [0.29, 0.717) is 38.3 Å². The Hall–Kier alpha value is -1.44. The molecule has 144 valence electrons. The number of carbonyl (C=O) groups excluding carboxylic acids is 1. The zero-order chi connectivity index (χ0) is 18.9. The Morgan fingerprint density at radius 3 is 2.38 bits per heavy atom. The summed E-state index contributed by atoms with van der Waals surface area (Å²) in [4.78, 5) is 15.3. The molecule has 0 aromatic heterocycles. The number of benzene rings is 1. The van der Waals surface area contributed by atoms with Crippen molar-refractivity contribution in [2.75, 3.05) is 32.6 Å². The number of rotatable bonds is 4. The Kier molecular flexibility index (Phi) is 5.69. The summed E-state index contributed by atoms with van der Waals surface area (Å²) in [5.74, 6) is 0.000325. The van der Waals surface area contributed by atoms with E-state index in [1.54, 1.807) is 0 Å². The molecule has 1 amide bonds. The third kappa shape index (κ3) is 4.10. The molecule has 6 nitrogen and oxygen atoms in total. The summed E-state index contributed by atoms with van der Waals surface area (Å²) in [5.41, 5.74) is 2.92. The summed E-state index contributed by atoms with van der Waals surface area (Å²) >= 11 is 0. The second-order valence-corrected chi connectivity index (χ2v) is 9.40. The van der Waals surface area contributed by atoms with Crippen LogP contribution in [0.4, 0.5) is 0 Å². The normalized spacial score (nSPS) is 22.5. The predicted molar refractivity (Wildman–Crippen MR) is 101 cm³/mol. The van der Waals surface area contributed by atoms with Gasteiger partial charge in [-0.05, 0) is 56.4 Å². The van der Waals surface area contributed by atoms with Gasteiger partial charge in [-0.15, -0.1) is 0 Å². The maximum atomic E-state index is 13.4. The second-order valence-electron chi connectivity index (χ2n) is 7.42. The van der Waals surface area contributed by atoms with Crippen LogP contribution in [-0.4, -0.2) is 68.2 Å². The highest BCUT2D eigenvalue weighted by Gasteiger charge is 2.38. The molecule has 7 heteroatoms. The smallest absolute Gasteiger partial charge is 0.254 e. The lowest BCUT2D eigenvalue weighted by molar-refractivity contribution is 0.0179. The van der Waals surface area contributed by atoms with Crippen LogP contribution in [-0.2, 0) is 14.8 Å². The fraction of sp³-hybridized carbons (Fsp3) is 0.632. The van der Waals surface area contributed by atoms with E-state index in [1.165, 1.54) is 10.6 Å². The highest BCUT2D eigenvalue weighted by atomic mass is 32.2. The number of hydrogen-bond donors (Lipinski definition) is 0. The van der Waals surface area contributed by atoms with E-state index in [1.807, 2.05) is 36.9 Å². The first-order chi connectivity index (χ1) is 12.3. The SMILES string of the molecule is Cc1ccc(C(=O)N(C2CCOCC2)C2CCN(S(C)(=O)=O)C2)cc1C. The highest BCUT2D eigenvalue weighted by molar-refractivity contribution is 7.88. The minimum Gasteiger partial charge on any atom is -0.381 e. The molecular formula is C19H28N2O4S. The molecule has 0 radical (unpaired) electrons. The quantitative estimate of drug-likeness (QED) is 0.801. The Balaban J connectivity index is 1.88. The van der Waals surface area contributed by atoms with Crippen molar-refractivity contribution in [3.63, 3.8) is 0 Å². The number of aryl methyl sites for hydroxylation is 2. The van der Waals surface area contributed by atoms with Crippen LogP contribution in [0.1, 0.15) is 40.7 Å². The largest absolute Gasteiger partial charge is 0.381 e. The zero-order valence-corrected chi connectivity index (χ0v) is 16.6. The molecule has 2 fully saturated rings. The molecule has 1 aromatic carbocycles. The number of carbonyl (C=O) groups is 1. The van der Waals surface area contributed by atoms with Crippen LogP contribution in [0.25, 0.3) is 0 Å². The Labute approximate surface area is 156 Å². The summed E-state index contributed by atoms with van der Waals surface area (Å²) in [6.45, 7) is 6.18. The van der Waals surface area contributed by atoms with Crippen molar-refractivity contribution in [2.24, 2.45) is 0 Å². The van der Waals surface area contributed by atoms with Crippen LogP contribution in [0.2, 0.25) is 0 Å². The first kappa shape index (κ1) is 19.3. The average Bonchev–Trinajstić information content (AvgIpc) is 3.08. The first-order valence-electron chi connectivity index (χ1n) is 9.20. The van der Waals surface area contributed by atoms with Crippen LogP contribution >= 0.6 is 0 Å². The zero-order valence-electron chi connectivity index (χ0n) is 15.8. The molecular weight excluding hydrogens is 352 g/mol. The van der Waals surface area contributed by atoms with Crippen molar-refractivity contribution in [1.82, 2.24) is 9.21 Å². The number of nitrogens with zero attached hydrogens (tertiary/aromatic N) is 2. The maximum absolute atomic E-state index is 13.4. The summed E-state index contributed by atoms with van der Waals surface area (Å²) < 4.78 is 30.8. The number of ether oxygens (including phenoxy) is 1. The van der Waals surface area contributed by atoms with E-state index in [2.05, 4.69) is 0 Å². The summed E-state index contributed by atoms with van der Waals surface area (Å²) in [5, 5.41) is 0. The molecule has 1 aromatic rings. The van der Waals surface area contributed by atoms with Gasteiger partial charge in [-0.3, -0.25) is 4.79 Å². The van der Waals surface area contributed by atoms with Gasteiger partial charge >= 0.3 is 0 Å². The lowest BCUT2D eigenvalue weighted by Gasteiger charge is -2.38. The van der Waals surface area contributed by atoms with Crippen LogP contribution < -0.4 is 0 Å². The average molecular weight is 381 g/mol. The van der Waals surface area contributed by atoms with Crippen LogP contribution in [0.15, 0.2) is 18.2 Å². The topological polar surface area (TPSA) is 66.9 Å². The summed E-state index contributed by atoms with van der Waals surface area (Å²) in [6.07, 6.45) is 3.51. The van der Waals surface area contributed by atoms with Crippen molar-refractivity contribution < 1.29 is 17.9 Å². The standard InChI is InChI=1S/C19H28N2O4S/c1-14-4-5-16(12-15(14)2)19(22)21(17-7-10-25-11-8-17)18-6-9-20(13-18)26(3,23)24/h4-5,12,17-18H,6-11,13H2,1-3H3. The maximum Gasteiger partial charge on any atom is 0.254 e. The van der Waals surface area contributed by atoms with Crippen molar-refractivity contribution >= 4 is 15.9 Å². The molecule has 2 heterocycles. The van der Waals surface area contributed by atoms with Gasteiger partial charge in [0.05, 0.1) is 6.26 Å². The van der Waals surface area contributed by atoms with E-state index >= 15 is 0 Å². The molecule has 0 bridgehead atoms. The molecule has 1 unspecified atom stereocenters. The second kappa shape index (κ2) is 7.66. The van der Waals surface area contributed by atoms with Crippen LogP contribution in [0.3, 0.4) is 0 Å². The fourth-order valence-corrected chi connectivity index (χ4v) is 4.74. The van der Waals surface area contributed by atoms with E-state index < -0.39 is 10.0 Å². The third-order valence-corrected chi connectivity index (χ3v) is 6.83. The molecule has 0 spiro atoms. The molecule has 2 saturated heterocycles. The van der Waals surface area contributed by atoms with Crippen LogP contribution in [0.5, 0.6) is 0 Å². The minimum atomic E-state index is -3.23. The van der Waals surface area contributed by atoms with E-state index in [-0.39, 0.29) is 18.0 Å². The van der Waals surface area contributed by atoms with Crippen molar-refractivity contribution in [2.45, 2.75) is 45.2 Å². The number of hydrogen-bond acceptors (Lipinski definition) is 4. The van der Waals surface area contributed by atoms with E-state index in [0.717, 1.165) is 24.0 Å². The minimum absolute atomic E-state index is 0.000325. The molecule has 26 heavy (non-hydrogen) atoms. The summed E-state index contributed by atoms with van der Waals surface area (Å²) in [7, 11) is -3.23. The number of sulfonamides is 1.